The number of alkyl carbamates (subject to hydrolysis) is 1. The van der Waals surface area contributed by atoms with Crippen molar-refractivity contribution < 1.29 is 47.7 Å². The van der Waals surface area contributed by atoms with Crippen LogP contribution in [-0.2, 0) is 33.3 Å². The van der Waals surface area contributed by atoms with E-state index in [2.05, 4.69) is 25.0 Å². The highest BCUT2D eigenvalue weighted by molar-refractivity contribution is 6.76. The molecule has 0 aromatic rings. The molecule has 47 heavy (non-hydrogen) atoms. The third-order valence-electron chi connectivity index (χ3n) is 7.66. The Balaban J connectivity index is 0.000000506. The molecule has 3 N–H and O–H groups in total. The smallest absolute Gasteiger partial charge is 0.409 e. The van der Waals surface area contributed by atoms with Crippen LogP contribution in [0, 0.1) is 11.8 Å². The number of carbonyl (C=O) groups is 5. The maximum atomic E-state index is 12.3. The average Bonchev–Trinajstić information content (AvgIpc) is 2.97. The summed E-state index contributed by atoms with van der Waals surface area (Å²) in [6.07, 6.45) is 8.14. The van der Waals surface area contributed by atoms with E-state index >= 15 is 0 Å². The topological polar surface area (TPSA) is 176 Å². The Morgan fingerprint density at radius 2 is 1.23 bits per heavy atom. The van der Waals surface area contributed by atoms with Gasteiger partial charge in [-0.25, -0.2) is 14.4 Å². The molecule has 0 saturated heterocycles. The summed E-state index contributed by atoms with van der Waals surface area (Å²) in [6, 6.07) is 0.187. The van der Waals surface area contributed by atoms with Gasteiger partial charge in [0.05, 0.1) is 32.7 Å². The lowest BCUT2D eigenvalue weighted by Crippen LogP contribution is -2.45. The highest BCUT2D eigenvalue weighted by Crippen LogP contribution is 2.24. The molecule has 2 rings (SSSR count). The van der Waals surface area contributed by atoms with Gasteiger partial charge in [0.2, 0.25) is 0 Å². The summed E-state index contributed by atoms with van der Waals surface area (Å²) in [5, 5.41) is 2.80. The Morgan fingerprint density at radius 3 is 1.70 bits per heavy atom. The molecule has 2 aliphatic carbocycles. The third-order valence-corrected chi connectivity index (χ3v) is 9.36. The van der Waals surface area contributed by atoms with E-state index in [0.29, 0.717) is 45.1 Å². The molecule has 0 bridgehead atoms. The average molecular weight is 685 g/mol. The van der Waals surface area contributed by atoms with Crippen LogP contribution in [0.1, 0.15) is 38.5 Å². The second-order valence-corrected chi connectivity index (χ2v) is 18.9. The summed E-state index contributed by atoms with van der Waals surface area (Å²) in [4.78, 5) is 62.1. The van der Waals surface area contributed by atoms with Crippen molar-refractivity contribution in [2.75, 3.05) is 49.0 Å². The molecule has 0 fully saturated rings. The minimum atomic E-state index is -1.29. The number of nitrogens with two attached hydrogens (primary N) is 1. The second-order valence-electron chi connectivity index (χ2n) is 13.2. The molecule has 0 radical (unpaired) electrons. The number of amides is 3. The fraction of sp³-hybridized carbons (Fsp3) is 0.719. The number of nitrogens with zero attached hydrogens (tertiary/aromatic N) is 2. The van der Waals surface area contributed by atoms with E-state index in [4.69, 9.17) is 29.4 Å². The summed E-state index contributed by atoms with van der Waals surface area (Å²) in [5.41, 5.74) is 5.95. The zero-order valence-corrected chi connectivity index (χ0v) is 30.5. The lowest BCUT2D eigenvalue weighted by Gasteiger charge is -2.28. The van der Waals surface area contributed by atoms with Crippen LogP contribution in [-0.4, -0.2) is 121 Å². The quantitative estimate of drug-likeness (QED) is 0.164. The Hall–Kier alpha value is -3.59. The van der Waals surface area contributed by atoms with Crippen LogP contribution in [0.5, 0.6) is 0 Å². The monoisotopic (exact) mass is 684 g/mol. The van der Waals surface area contributed by atoms with E-state index < -0.39 is 50.4 Å². The lowest BCUT2D eigenvalue weighted by atomic mass is 9.88. The van der Waals surface area contributed by atoms with Crippen LogP contribution >= 0.6 is 0 Å². The van der Waals surface area contributed by atoms with Crippen molar-refractivity contribution >= 4 is 38.3 Å². The third kappa shape index (κ3) is 16.2. The van der Waals surface area contributed by atoms with Crippen LogP contribution in [0.2, 0.25) is 25.7 Å². The number of nitrogens with one attached hydrogen (secondary N) is 1. The lowest BCUT2D eigenvalue weighted by molar-refractivity contribution is -0.147. The van der Waals surface area contributed by atoms with Gasteiger partial charge in [-0.2, -0.15) is 0 Å². The normalized spacial score (nSPS) is 25.7. The molecule has 14 nitrogen and oxygen atoms in total. The zero-order valence-electron chi connectivity index (χ0n) is 29.5. The molecule has 0 heterocycles. The molecule has 0 spiro atoms. The van der Waals surface area contributed by atoms with Crippen molar-refractivity contribution in [2.45, 2.75) is 88.5 Å². The molecule has 0 aliphatic heterocycles. The number of hydrogen-bond acceptors (Lipinski definition) is 11. The van der Waals surface area contributed by atoms with Crippen LogP contribution in [0.4, 0.5) is 14.4 Å². The first-order chi connectivity index (χ1) is 22.0. The Bertz CT molecular complexity index is 1090. The summed E-state index contributed by atoms with van der Waals surface area (Å²) in [7, 11) is 7.86. The van der Waals surface area contributed by atoms with Gasteiger partial charge >= 0.3 is 30.2 Å². The molecule has 15 heteroatoms. The number of ether oxygens (including phenoxy) is 5. The Labute approximate surface area is 280 Å². The predicted molar refractivity (Wildman–Crippen MR) is 179 cm³/mol. The molecule has 2 aliphatic rings. The van der Waals surface area contributed by atoms with Gasteiger partial charge in [-0.05, 0) is 56.7 Å². The van der Waals surface area contributed by atoms with E-state index in [0.717, 1.165) is 6.04 Å². The van der Waals surface area contributed by atoms with Gasteiger partial charge in [0.15, 0.2) is 0 Å². The zero-order chi connectivity index (χ0) is 35.7. The first-order valence-electron chi connectivity index (χ1n) is 15.9. The van der Waals surface area contributed by atoms with E-state index in [1.165, 1.54) is 24.0 Å². The van der Waals surface area contributed by atoms with Crippen molar-refractivity contribution in [1.29, 1.82) is 0 Å². The Kier molecular flexibility index (Phi) is 18.2. The molecule has 0 aromatic carbocycles. The molecule has 268 valence electrons. The van der Waals surface area contributed by atoms with Crippen LogP contribution in [0.25, 0.3) is 0 Å². The number of carbonyl (C=O) groups excluding carboxylic acids is 5. The summed E-state index contributed by atoms with van der Waals surface area (Å²) in [6.45, 7) is 7.00. The molecule has 0 unspecified atom stereocenters. The van der Waals surface area contributed by atoms with Gasteiger partial charge in [-0.1, -0.05) is 31.8 Å². The molecule has 0 aromatic heterocycles. The highest BCUT2D eigenvalue weighted by Gasteiger charge is 2.33. The SMILES string of the molecule is COC(=O)[C@H]1CC[C@@H](OC(=O)N(C)C)/C=C/C[C@@H]1N.COC(=O)[C@H]1CC[C@@H](OC(=O)N(C)C)/C=C/C[C@@H]1NC(=O)OCC[Si](C)(C)C. The number of esters is 2. The number of rotatable bonds is 8. The standard InChI is InChI=1S/C19H34N2O6Si.C13H22N2O4/c1-21(2)19(24)27-14-8-7-9-16(15(11-10-14)17(22)25-3)20-18(23)26-12-13-28(4,5)6;1-15(2)13(17)19-9-5-4-6-11(14)10(8-7-9)12(16)18-3/h7-8,14-16H,9-13H2,1-6H3,(H,20,23);4-5,9-11H,6-8,14H2,1-3H3/b8-7+;5-4+/t14-,15-,16-;9-,10-,11-/m00/s1. The van der Waals surface area contributed by atoms with Gasteiger partial charge in [-0.15, -0.1) is 0 Å². The number of methoxy groups -OCH3 is 2. The van der Waals surface area contributed by atoms with Crippen LogP contribution in [0.3, 0.4) is 0 Å². The van der Waals surface area contributed by atoms with Crippen LogP contribution in [0.15, 0.2) is 24.3 Å². The minimum Gasteiger partial charge on any atom is -0.469 e. The summed E-state index contributed by atoms with van der Waals surface area (Å²) in [5.74, 6) is -1.60. The predicted octanol–water partition coefficient (Wildman–Crippen LogP) is 3.93. The van der Waals surface area contributed by atoms with Crippen molar-refractivity contribution in [3.8, 4) is 0 Å². The van der Waals surface area contributed by atoms with E-state index in [-0.39, 0.29) is 24.0 Å². The Morgan fingerprint density at radius 1 is 0.766 bits per heavy atom. The highest BCUT2D eigenvalue weighted by atomic mass is 28.3. The summed E-state index contributed by atoms with van der Waals surface area (Å²) >= 11 is 0. The minimum absolute atomic E-state index is 0.255. The van der Waals surface area contributed by atoms with Gasteiger partial charge < -0.3 is 44.5 Å². The van der Waals surface area contributed by atoms with Crippen molar-refractivity contribution in [1.82, 2.24) is 15.1 Å². The molecule has 0 saturated carbocycles. The van der Waals surface area contributed by atoms with Gasteiger partial charge in [0.1, 0.15) is 12.2 Å². The first kappa shape index (κ1) is 41.4. The fourth-order valence-corrected chi connectivity index (χ4v) is 5.45. The maximum Gasteiger partial charge on any atom is 0.409 e. The first-order valence-corrected chi connectivity index (χ1v) is 19.6. The second kappa shape index (κ2) is 20.6. The van der Waals surface area contributed by atoms with Crippen molar-refractivity contribution in [2.24, 2.45) is 17.6 Å². The molecular formula is C32H56N4O10Si. The van der Waals surface area contributed by atoms with E-state index in [1.54, 1.807) is 34.3 Å². The van der Waals surface area contributed by atoms with E-state index in [9.17, 15) is 24.0 Å². The van der Waals surface area contributed by atoms with Crippen LogP contribution < -0.4 is 11.1 Å². The largest absolute Gasteiger partial charge is 0.469 e. The maximum absolute atomic E-state index is 12.3. The van der Waals surface area contributed by atoms with Gasteiger partial charge in [-0.3, -0.25) is 9.59 Å². The van der Waals surface area contributed by atoms with Gasteiger partial charge in [0.25, 0.3) is 0 Å². The number of hydrogen-bond donors (Lipinski definition) is 2. The van der Waals surface area contributed by atoms with E-state index in [1.807, 2.05) is 18.2 Å². The fourth-order valence-electron chi connectivity index (χ4n) is 4.73. The van der Waals surface area contributed by atoms with Crippen molar-refractivity contribution in [3.05, 3.63) is 24.3 Å². The molecular weight excluding hydrogens is 628 g/mol. The van der Waals surface area contributed by atoms with Gasteiger partial charge in [0, 0.05) is 48.3 Å². The molecule has 6 atom stereocenters. The van der Waals surface area contributed by atoms with Crippen molar-refractivity contribution in [3.63, 3.8) is 0 Å². The molecule has 3 amide bonds. The summed E-state index contributed by atoms with van der Waals surface area (Å²) < 4.78 is 25.6.